The number of carbonyl (C=O) groups is 2. The molecule has 1 atom stereocenters. The van der Waals surface area contributed by atoms with E-state index in [1.54, 1.807) is 11.1 Å². The molecule has 26 heavy (non-hydrogen) atoms. The molecule has 2 heterocycles. The van der Waals surface area contributed by atoms with Gasteiger partial charge in [-0.3, -0.25) is 14.6 Å². The molecule has 0 saturated carbocycles. The van der Waals surface area contributed by atoms with Crippen LogP contribution in [0, 0.1) is 5.92 Å². The van der Waals surface area contributed by atoms with Gasteiger partial charge in [0.05, 0.1) is 24.7 Å². The predicted molar refractivity (Wildman–Crippen MR) is 97.3 cm³/mol. The number of para-hydroxylation sites is 1. The highest BCUT2D eigenvalue weighted by molar-refractivity contribution is 5.83. The van der Waals surface area contributed by atoms with Gasteiger partial charge in [-0.25, -0.2) is 0 Å². The minimum absolute atomic E-state index is 0.0276. The van der Waals surface area contributed by atoms with Crippen LogP contribution < -0.4 is 10.1 Å². The van der Waals surface area contributed by atoms with Crippen LogP contribution in [0.3, 0.4) is 0 Å². The molecule has 1 unspecified atom stereocenters. The first-order valence-electron chi connectivity index (χ1n) is 8.85. The molecule has 0 aliphatic carbocycles. The number of ether oxygens (including phenoxy) is 1. The highest BCUT2D eigenvalue weighted by atomic mass is 16.5. The predicted octanol–water partition coefficient (Wildman–Crippen LogP) is 2.02. The Labute approximate surface area is 153 Å². The molecule has 1 aromatic carbocycles. The van der Waals surface area contributed by atoms with Crippen LogP contribution in [0.1, 0.15) is 18.5 Å². The van der Waals surface area contributed by atoms with Crippen molar-refractivity contribution in [1.82, 2.24) is 15.2 Å². The van der Waals surface area contributed by atoms with Crippen LogP contribution in [0.25, 0.3) is 0 Å². The molecule has 6 nitrogen and oxygen atoms in total. The molecule has 0 spiro atoms. The minimum atomic E-state index is -0.187. The van der Waals surface area contributed by atoms with Crippen molar-refractivity contribution in [1.29, 1.82) is 0 Å². The van der Waals surface area contributed by atoms with E-state index in [9.17, 15) is 9.59 Å². The number of pyridine rings is 1. The number of nitrogens with zero attached hydrogens (tertiary/aromatic N) is 2. The first kappa shape index (κ1) is 17.9. The number of nitrogens with one attached hydrogen (secondary N) is 1. The topological polar surface area (TPSA) is 71.5 Å². The molecule has 1 fully saturated rings. The summed E-state index contributed by atoms with van der Waals surface area (Å²) in [7, 11) is 0. The molecule has 6 heteroatoms. The summed E-state index contributed by atoms with van der Waals surface area (Å²) in [4.78, 5) is 30.5. The summed E-state index contributed by atoms with van der Waals surface area (Å²) in [6, 6.07) is 15.1. The zero-order chi connectivity index (χ0) is 18.2. The molecule has 1 aliphatic heterocycles. The lowest BCUT2D eigenvalue weighted by Gasteiger charge is -2.31. The Bertz CT molecular complexity index is 722. The van der Waals surface area contributed by atoms with Gasteiger partial charge in [-0.15, -0.1) is 0 Å². The Hall–Kier alpha value is -2.89. The van der Waals surface area contributed by atoms with E-state index >= 15 is 0 Å². The van der Waals surface area contributed by atoms with Crippen molar-refractivity contribution in [3.05, 3.63) is 60.4 Å². The number of carbonyl (C=O) groups excluding carboxylic acids is 2. The summed E-state index contributed by atoms with van der Waals surface area (Å²) < 4.78 is 5.57. The van der Waals surface area contributed by atoms with Crippen molar-refractivity contribution < 1.29 is 14.3 Å². The second-order valence-corrected chi connectivity index (χ2v) is 6.28. The molecule has 0 bridgehead atoms. The first-order valence-corrected chi connectivity index (χ1v) is 8.85. The normalized spacial score (nSPS) is 17.0. The van der Waals surface area contributed by atoms with Gasteiger partial charge in [-0.2, -0.15) is 0 Å². The average Bonchev–Trinajstić information content (AvgIpc) is 2.68. The van der Waals surface area contributed by atoms with E-state index in [0.717, 1.165) is 11.4 Å². The maximum absolute atomic E-state index is 12.4. The Kier molecular flexibility index (Phi) is 6.19. The summed E-state index contributed by atoms with van der Waals surface area (Å²) >= 11 is 0. The molecular formula is C20H23N3O3. The summed E-state index contributed by atoms with van der Waals surface area (Å²) in [5.74, 6) is 0.645. The van der Waals surface area contributed by atoms with Crippen LogP contribution in [-0.4, -0.2) is 41.4 Å². The number of benzene rings is 1. The van der Waals surface area contributed by atoms with Gasteiger partial charge in [0.25, 0.3) is 0 Å². The summed E-state index contributed by atoms with van der Waals surface area (Å²) in [5.41, 5.74) is 0.832. The maximum Gasteiger partial charge on any atom is 0.225 e. The Balaban J connectivity index is 1.44. The Morgan fingerprint density at radius 1 is 1.19 bits per heavy atom. The highest BCUT2D eigenvalue weighted by Crippen LogP contribution is 2.19. The van der Waals surface area contributed by atoms with Gasteiger partial charge >= 0.3 is 0 Å². The van der Waals surface area contributed by atoms with Gasteiger partial charge in [0, 0.05) is 19.2 Å². The summed E-state index contributed by atoms with van der Waals surface area (Å²) in [5, 5.41) is 2.90. The first-order chi connectivity index (χ1) is 12.7. The molecule has 0 radical (unpaired) electrons. The van der Waals surface area contributed by atoms with Gasteiger partial charge < -0.3 is 15.0 Å². The van der Waals surface area contributed by atoms with E-state index in [-0.39, 0.29) is 17.7 Å². The second kappa shape index (κ2) is 8.99. The SMILES string of the molecule is O=C(NCCOc1ccccc1)C1CCC(=O)N(Cc2ccccn2)C1. The summed E-state index contributed by atoms with van der Waals surface area (Å²) in [6.45, 7) is 1.73. The smallest absolute Gasteiger partial charge is 0.225 e. The molecule has 1 aromatic heterocycles. The fourth-order valence-electron chi connectivity index (χ4n) is 2.97. The van der Waals surface area contributed by atoms with E-state index < -0.39 is 0 Å². The molecule has 1 aliphatic rings. The molecule has 3 rings (SSSR count). The number of hydrogen-bond donors (Lipinski definition) is 1. The van der Waals surface area contributed by atoms with Crippen LogP contribution in [0.4, 0.5) is 0 Å². The standard InChI is InChI=1S/C20H23N3O3/c24-19-10-9-16(14-23(19)15-17-6-4-5-11-21-17)20(25)22-12-13-26-18-7-2-1-3-8-18/h1-8,11,16H,9-10,12-15H2,(H,22,25). The van der Waals surface area contributed by atoms with Crippen molar-refractivity contribution in [3.8, 4) is 5.75 Å². The average molecular weight is 353 g/mol. The third kappa shape index (κ3) is 5.05. The van der Waals surface area contributed by atoms with Crippen LogP contribution in [0.5, 0.6) is 5.75 Å². The number of piperidine rings is 1. The van der Waals surface area contributed by atoms with E-state index in [1.165, 1.54) is 0 Å². The van der Waals surface area contributed by atoms with Gasteiger partial charge in [-0.1, -0.05) is 24.3 Å². The van der Waals surface area contributed by atoms with Crippen LogP contribution in [0.15, 0.2) is 54.7 Å². The van der Waals surface area contributed by atoms with E-state index in [1.807, 2.05) is 48.5 Å². The minimum Gasteiger partial charge on any atom is -0.492 e. The Morgan fingerprint density at radius 3 is 2.77 bits per heavy atom. The van der Waals surface area contributed by atoms with Crippen molar-refractivity contribution in [2.75, 3.05) is 19.7 Å². The van der Waals surface area contributed by atoms with Crippen molar-refractivity contribution in [2.24, 2.45) is 5.92 Å². The monoisotopic (exact) mass is 353 g/mol. The van der Waals surface area contributed by atoms with Gasteiger partial charge in [-0.05, 0) is 30.7 Å². The fourth-order valence-corrected chi connectivity index (χ4v) is 2.97. The van der Waals surface area contributed by atoms with Crippen molar-refractivity contribution in [3.63, 3.8) is 0 Å². The lowest BCUT2D eigenvalue weighted by atomic mass is 9.96. The van der Waals surface area contributed by atoms with Gasteiger partial charge in [0.1, 0.15) is 12.4 Å². The molecule has 136 valence electrons. The van der Waals surface area contributed by atoms with E-state index in [2.05, 4.69) is 10.3 Å². The zero-order valence-electron chi connectivity index (χ0n) is 14.6. The third-order valence-electron chi connectivity index (χ3n) is 4.36. The Morgan fingerprint density at radius 2 is 2.00 bits per heavy atom. The van der Waals surface area contributed by atoms with E-state index in [4.69, 9.17) is 4.74 Å². The lowest BCUT2D eigenvalue weighted by molar-refractivity contribution is -0.139. The third-order valence-corrected chi connectivity index (χ3v) is 4.36. The zero-order valence-corrected chi connectivity index (χ0v) is 14.6. The number of likely N-dealkylation sites (tertiary alicyclic amines) is 1. The summed E-state index contributed by atoms with van der Waals surface area (Å²) in [6.07, 6.45) is 2.69. The number of hydrogen-bond acceptors (Lipinski definition) is 4. The highest BCUT2D eigenvalue weighted by Gasteiger charge is 2.30. The van der Waals surface area contributed by atoms with Crippen molar-refractivity contribution in [2.45, 2.75) is 19.4 Å². The van der Waals surface area contributed by atoms with Crippen LogP contribution in [0.2, 0.25) is 0 Å². The van der Waals surface area contributed by atoms with Crippen LogP contribution >= 0.6 is 0 Å². The molecular weight excluding hydrogens is 330 g/mol. The maximum atomic E-state index is 12.4. The van der Waals surface area contributed by atoms with E-state index in [0.29, 0.717) is 39.1 Å². The number of amides is 2. The number of rotatable bonds is 7. The number of aromatic nitrogens is 1. The van der Waals surface area contributed by atoms with Gasteiger partial charge in [0.2, 0.25) is 11.8 Å². The lowest BCUT2D eigenvalue weighted by Crippen LogP contribution is -2.46. The van der Waals surface area contributed by atoms with Gasteiger partial charge in [0.15, 0.2) is 0 Å². The molecule has 1 N–H and O–H groups in total. The second-order valence-electron chi connectivity index (χ2n) is 6.28. The van der Waals surface area contributed by atoms with Crippen LogP contribution in [-0.2, 0) is 16.1 Å². The largest absolute Gasteiger partial charge is 0.492 e. The molecule has 1 saturated heterocycles. The quantitative estimate of drug-likeness (QED) is 0.773. The fraction of sp³-hybridized carbons (Fsp3) is 0.350. The molecule has 2 aromatic rings. The van der Waals surface area contributed by atoms with Crippen molar-refractivity contribution >= 4 is 11.8 Å². The molecule has 2 amide bonds.